The summed E-state index contributed by atoms with van der Waals surface area (Å²) in [7, 11) is 3.40. The number of rotatable bonds is 9. The van der Waals surface area contributed by atoms with Gasteiger partial charge in [-0.1, -0.05) is 0 Å². The number of hydrogen-bond acceptors (Lipinski definition) is 5. The number of nitrogens with zero attached hydrogens (tertiary/aromatic N) is 2. The zero-order valence-electron chi connectivity index (χ0n) is 16.7. The van der Waals surface area contributed by atoms with Crippen molar-refractivity contribution in [2.45, 2.75) is 44.6 Å². The SMILES string of the molecule is COc1ccc(C(=O)CCCC(=O)N2CCCC(N(C)CC(=O)O)CC2)cc1. The Bertz CT molecular complexity index is 674. The number of ketones is 1. The summed E-state index contributed by atoms with van der Waals surface area (Å²) in [6.45, 7) is 1.36. The van der Waals surface area contributed by atoms with Gasteiger partial charge in [0.05, 0.1) is 13.7 Å². The lowest BCUT2D eigenvalue weighted by atomic mass is 10.0. The topological polar surface area (TPSA) is 87.2 Å². The van der Waals surface area contributed by atoms with Gasteiger partial charge >= 0.3 is 5.97 Å². The van der Waals surface area contributed by atoms with Crippen molar-refractivity contribution in [1.29, 1.82) is 0 Å². The van der Waals surface area contributed by atoms with E-state index in [1.807, 2.05) is 16.8 Å². The highest BCUT2D eigenvalue weighted by molar-refractivity contribution is 5.96. The fraction of sp³-hybridized carbons (Fsp3) is 0.571. The quantitative estimate of drug-likeness (QED) is 0.652. The van der Waals surface area contributed by atoms with Crippen LogP contribution in [0.25, 0.3) is 0 Å². The van der Waals surface area contributed by atoms with Crippen LogP contribution in [0.4, 0.5) is 0 Å². The highest BCUT2D eigenvalue weighted by atomic mass is 16.5. The van der Waals surface area contributed by atoms with Crippen LogP contribution in [0.3, 0.4) is 0 Å². The first-order valence-electron chi connectivity index (χ1n) is 9.77. The van der Waals surface area contributed by atoms with Crippen LogP contribution in [0.2, 0.25) is 0 Å². The molecule has 1 N–H and O–H groups in total. The van der Waals surface area contributed by atoms with E-state index < -0.39 is 5.97 Å². The van der Waals surface area contributed by atoms with Crippen LogP contribution in [0.5, 0.6) is 5.75 Å². The molecule has 1 amide bonds. The van der Waals surface area contributed by atoms with E-state index in [1.165, 1.54) is 0 Å². The smallest absolute Gasteiger partial charge is 0.317 e. The molecule has 1 aliphatic rings. The first-order valence-corrected chi connectivity index (χ1v) is 9.77. The zero-order chi connectivity index (χ0) is 20.5. The maximum atomic E-state index is 12.5. The number of likely N-dealkylation sites (N-methyl/N-ethyl adjacent to an activating group) is 1. The van der Waals surface area contributed by atoms with Crippen molar-refractivity contribution in [3.8, 4) is 5.75 Å². The molecule has 0 saturated carbocycles. The van der Waals surface area contributed by atoms with Crippen molar-refractivity contribution in [3.63, 3.8) is 0 Å². The summed E-state index contributed by atoms with van der Waals surface area (Å²) in [4.78, 5) is 39.3. The minimum absolute atomic E-state index is 0.0199. The molecule has 1 heterocycles. The minimum Gasteiger partial charge on any atom is -0.497 e. The highest BCUT2D eigenvalue weighted by Crippen LogP contribution is 2.18. The Balaban J connectivity index is 1.75. The number of ether oxygens (including phenoxy) is 1. The molecule has 1 aromatic carbocycles. The fourth-order valence-electron chi connectivity index (χ4n) is 3.59. The van der Waals surface area contributed by atoms with Gasteiger partial charge in [0.25, 0.3) is 0 Å². The second-order valence-electron chi connectivity index (χ2n) is 7.28. The molecule has 154 valence electrons. The third kappa shape index (κ3) is 6.64. The molecular weight excluding hydrogens is 360 g/mol. The number of aliphatic carboxylic acids is 1. The Kier molecular flexibility index (Phi) is 8.44. The van der Waals surface area contributed by atoms with Gasteiger partial charge in [-0.05, 0) is 57.0 Å². The summed E-state index contributed by atoms with van der Waals surface area (Å²) in [5.74, 6) is -0.0212. The Hall–Kier alpha value is -2.41. The van der Waals surface area contributed by atoms with Gasteiger partial charge in [-0.3, -0.25) is 19.3 Å². The molecule has 7 heteroatoms. The number of Topliss-reactive ketones (excluding diaryl/α,β-unsaturated/α-hetero) is 1. The molecule has 1 aliphatic heterocycles. The number of amides is 1. The van der Waals surface area contributed by atoms with Crippen molar-refractivity contribution < 1.29 is 24.2 Å². The summed E-state index contributed by atoms with van der Waals surface area (Å²) in [6, 6.07) is 7.18. The fourth-order valence-corrected chi connectivity index (χ4v) is 3.59. The van der Waals surface area contributed by atoms with Crippen LogP contribution >= 0.6 is 0 Å². The lowest BCUT2D eigenvalue weighted by Crippen LogP contribution is -2.37. The standard InChI is InChI=1S/C21H30N2O5/c1-22(15-21(26)27)17-5-4-13-23(14-12-17)20(25)7-3-6-19(24)16-8-10-18(28-2)11-9-16/h8-11,17H,3-7,12-15H2,1-2H3,(H,26,27). The molecule has 1 unspecified atom stereocenters. The normalized spacial score (nSPS) is 17.2. The highest BCUT2D eigenvalue weighted by Gasteiger charge is 2.23. The molecule has 0 aromatic heterocycles. The van der Waals surface area contributed by atoms with Crippen LogP contribution < -0.4 is 4.74 Å². The number of carboxylic acids is 1. The molecule has 28 heavy (non-hydrogen) atoms. The molecule has 0 spiro atoms. The predicted octanol–water partition coefficient (Wildman–Crippen LogP) is 2.45. The number of methoxy groups -OCH3 is 1. The monoisotopic (exact) mass is 390 g/mol. The second-order valence-corrected chi connectivity index (χ2v) is 7.28. The maximum absolute atomic E-state index is 12.5. The van der Waals surface area contributed by atoms with Crippen LogP contribution in [-0.2, 0) is 9.59 Å². The first kappa shape index (κ1) is 21.9. The molecule has 1 fully saturated rings. The van der Waals surface area contributed by atoms with Crippen molar-refractivity contribution in [3.05, 3.63) is 29.8 Å². The number of hydrogen-bond donors (Lipinski definition) is 1. The lowest BCUT2D eigenvalue weighted by Gasteiger charge is -2.25. The van der Waals surface area contributed by atoms with Gasteiger partial charge < -0.3 is 14.7 Å². The summed E-state index contributed by atoms with van der Waals surface area (Å²) in [6.07, 6.45) is 3.77. The summed E-state index contributed by atoms with van der Waals surface area (Å²) in [5, 5.41) is 8.94. The Morgan fingerprint density at radius 2 is 1.86 bits per heavy atom. The van der Waals surface area contributed by atoms with Crippen molar-refractivity contribution >= 4 is 17.7 Å². The lowest BCUT2D eigenvalue weighted by molar-refractivity contribution is -0.138. The number of carbonyl (C=O) groups excluding carboxylic acids is 2. The van der Waals surface area contributed by atoms with Gasteiger partial charge in [0.2, 0.25) is 5.91 Å². The van der Waals surface area contributed by atoms with E-state index in [9.17, 15) is 14.4 Å². The van der Waals surface area contributed by atoms with Gasteiger partial charge in [-0.15, -0.1) is 0 Å². The minimum atomic E-state index is -0.832. The van der Waals surface area contributed by atoms with Crippen molar-refractivity contribution in [2.24, 2.45) is 0 Å². The van der Waals surface area contributed by atoms with E-state index >= 15 is 0 Å². The van der Waals surface area contributed by atoms with E-state index in [-0.39, 0.29) is 24.3 Å². The second kappa shape index (κ2) is 10.8. The van der Waals surface area contributed by atoms with Crippen LogP contribution in [0, 0.1) is 0 Å². The van der Waals surface area contributed by atoms with Gasteiger partial charge in [0, 0.05) is 37.5 Å². The number of benzene rings is 1. The van der Waals surface area contributed by atoms with Gasteiger partial charge in [0.15, 0.2) is 5.78 Å². The van der Waals surface area contributed by atoms with Crippen molar-refractivity contribution in [2.75, 3.05) is 33.8 Å². The molecule has 2 rings (SSSR count). The third-order valence-corrected chi connectivity index (χ3v) is 5.26. The van der Waals surface area contributed by atoms with Crippen molar-refractivity contribution in [1.82, 2.24) is 9.80 Å². The number of carbonyl (C=O) groups is 3. The summed E-state index contributed by atoms with van der Waals surface area (Å²) < 4.78 is 5.09. The Morgan fingerprint density at radius 1 is 1.14 bits per heavy atom. The molecule has 1 atom stereocenters. The number of carboxylic acid groups (broad SMARTS) is 1. The Morgan fingerprint density at radius 3 is 2.50 bits per heavy atom. The van der Waals surface area contributed by atoms with Gasteiger partial charge in [0.1, 0.15) is 5.75 Å². The maximum Gasteiger partial charge on any atom is 0.317 e. The molecule has 1 aromatic rings. The summed E-state index contributed by atoms with van der Waals surface area (Å²) in [5.41, 5.74) is 0.632. The van der Waals surface area contributed by atoms with E-state index in [1.54, 1.807) is 31.4 Å². The van der Waals surface area contributed by atoms with E-state index in [4.69, 9.17) is 9.84 Å². The molecular formula is C21H30N2O5. The van der Waals surface area contributed by atoms with E-state index in [0.29, 0.717) is 43.7 Å². The molecule has 0 aliphatic carbocycles. The molecule has 0 radical (unpaired) electrons. The Labute approximate surface area is 166 Å². The molecule has 7 nitrogen and oxygen atoms in total. The van der Waals surface area contributed by atoms with Crippen LogP contribution in [-0.4, -0.2) is 72.4 Å². The third-order valence-electron chi connectivity index (χ3n) is 5.26. The van der Waals surface area contributed by atoms with Gasteiger partial charge in [-0.25, -0.2) is 0 Å². The van der Waals surface area contributed by atoms with E-state index in [2.05, 4.69) is 0 Å². The average Bonchev–Trinajstić information content (AvgIpc) is 2.93. The summed E-state index contributed by atoms with van der Waals surface area (Å²) >= 11 is 0. The van der Waals surface area contributed by atoms with Crippen LogP contribution in [0.15, 0.2) is 24.3 Å². The van der Waals surface area contributed by atoms with Crippen LogP contribution in [0.1, 0.15) is 48.9 Å². The first-order chi connectivity index (χ1) is 13.4. The largest absolute Gasteiger partial charge is 0.497 e. The van der Waals surface area contributed by atoms with E-state index in [0.717, 1.165) is 19.3 Å². The number of likely N-dealkylation sites (tertiary alicyclic amines) is 1. The molecule has 1 saturated heterocycles. The zero-order valence-corrected chi connectivity index (χ0v) is 16.7. The average molecular weight is 390 g/mol. The molecule has 0 bridgehead atoms. The predicted molar refractivity (Wildman–Crippen MR) is 106 cm³/mol. The van der Waals surface area contributed by atoms with Gasteiger partial charge in [-0.2, -0.15) is 0 Å².